The summed E-state index contributed by atoms with van der Waals surface area (Å²) in [5, 5.41) is 7.45. The highest BCUT2D eigenvalue weighted by atomic mass is 32.2. The number of aromatic nitrogens is 2. The molecule has 0 radical (unpaired) electrons. The number of hydrogen-bond acceptors (Lipinski definition) is 5. The van der Waals surface area contributed by atoms with Crippen molar-refractivity contribution in [3.05, 3.63) is 76.6 Å². The Labute approximate surface area is 167 Å². The van der Waals surface area contributed by atoms with Crippen LogP contribution in [0.25, 0.3) is 5.69 Å². The molecule has 0 saturated heterocycles. The van der Waals surface area contributed by atoms with Gasteiger partial charge in [-0.3, -0.25) is 9.59 Å². The number of methoxy groups -OCH3 is 1. The molecule has 0 aliphatic rings. The highest BCUT2D eigenvalue weighted by Gasteiger charge is 2.16. The van der Waals surface area contributed by atoms with E-state index in [9.17, 15) is 9.59 Å². The van der Waals surface area contributed by atoms with Crippen LogP contribution < -0.4 is 15.6 Å². The Morgan fingerprint density at radius 3 is 2.61 bits per heavy atom. The molecule has 28 heavy (non-hydrogen) atoms. The quantitative estimate of drug-likeness (QED) is 0.645. The van der Waals surface area contributed by atoms with Crippen molar-refractivity contribution < 1.29 is 9.53 Å². The maximum atomic E-state index is 12.5. The molecular weight excluding hydrogens is 374 g/mol. The molecule has 0 bridgehead atoms. The van der Waals surface area contributed by atoms with E-state index in [4.69, 9.17) is 4.74 Å². The molecule has 0 saturated carbocycles. The number of anilines is 1. The van der Waals surface area contributed by atoms with Crippen molar-refractivity contribution in [2.45, 2.75) is 24.1 Å². The number of carbonyl (C=O) groups excluding carboxylic acids is 1. The molecule has 1 N–H and O–H groups in total. The molecule has 1 unspecified atom stereocenters. The van der Waals surface area contributed by atoms with Gasteiger partial charge in [0.15, 0.2) is 0 Å². The van der Waals surface area contributed by atoms with Crippen molar-refractivity contribution in [1.82, 2.24) is 9.78 Å². The van der Waals surface area contributed by atoms with E-state index in [1.807, 2.05) is 43.3 Å². The molecule has 1 atom stereocenters. The molecule has 1 aromatic heterocycles. The van der Waals surface area contributed by atoms with Gasteiger partial charge in [-0.25, -0.2) is 0 Å². The Balaban J connectivity index is 1.73. The van der Waals surface area contributed by atoms with Crippen LogP contribution in [-0.2, 0) is 4.79 Å². The van der Waals surface area contributed by atoms with E-state index in [0.29, 0.717) is 22.2 Å². The van der Waals surface area contributed by atoms with Gasteiger partial charge in [0.1, 0.15) is 10.8 Å². The molecule has 1 heterocycles. The van der Waals surface area contributed by atoms with Crippen LogP contribution in [0, 0.1) is 6.92 Å². The lowest BCUT2D eigenvalue weighted by Gasteiger charge is -2.13. The van der Waals surface area contributed by atoms with Crippen molar-refractivity contribution in [1.29, 1.82) is 0 Å². The third-order valence-electron chi connectivity index (χ3n) is 4.06. The molecule has 0 aliphatic heterocycles. The first-order chi connectivity index (χ1) is 13.5. The fraction of sp³-hybridized carbons (Fsp3) is 0.190. The van der Waals surface area contributed by atoms with Gasteiger partial charge < -0.3 is 10.1 Å². The van der Waals surface area contributed by atoms with Crippen LogP contribution in [0.4, 0.5) is 5.69 Å². The number of rotatable bonds is 6. The van der Waals surface area contributed by atoms with Crippen molar-refractivity contribution in [3.63, 3.8) is 0 Å². The van der Waals surface area contributed by atoms with Crippen LogP contribution >= 0.6 is 11.8 Å². The summed E-state index contributed by atoms with van der Waals surface area (Å²) < 4.78 is 6.51. The lowest BCUT2D eigenvalue weighted by molar-refractivity contribution is -0.115. The zero-order valence-electron chi connectivity index (χ0n) is 15.9. The van der Waals surface area contributed by atoms with E-state index in [-0.39, 0.29) is 11.5 Å². The number of benzene rings is 2. The van der Waals surface area contributed by atoms with Gasteiger partial charge in [0.2, 0.25) is 5.91 Å². The van der Waals surface area contributed by atoms with E-state index in [1.165, 1.54) is 22.5 Å². The maximum absolute atomic E-state index is 12.5. The second-order valence-electron chi connectivity index (χ2n) is 6.24. The molecule has 1 amide bonds. The van der Waals surface area contributed by atoms with E-state index >= 15 is 0 Å². The average Bonchev–Trinajstić information content (AvgIpc) is 2.70. The van der Waals surface area contributed by atoms with Gasteiger partial charge in [-0.05, 0) is 44.2 Å². The largest absolute Gasteiger partial charge is 0.497 e. The third-order valence-corrected chi connectivity index (χ3v) is 5.09. The lowest BCUT2D eigenvalue weighted by Crippen LogP contribution is -2.24. The van der Waals surface area contributed by atoms with Gasteiger partial charge in [-0.2, -0.15) is 9.78 Å². The first-order valence-electron chi connectivity index (χ1n) is 8.75. The standard InChI is InChI=1S/C21H21N3O3S/c1-14-7-9-17(10-8-14)24-20(25)12-11-19(23-24)28-15(2)21(26)22-16-5-4-6-18(13-16)27-3/h4-13,15H,1-3H3,(H,22,26). The maximum Gasteiger partial charge on any atom is 0.271 e. The zero-order chi connectivity index (χ0) is 20.1. The average molecular weight is 395 g/mol. The Morgan fingerprint density at radius 1 is 1.14 bits per heavy atom. The van der Waals surface area contributed by atoms with Gasteiger partial charge in [0, 0.05) is 17.8 Å². The third kappa shape index (κ3) is 4.80. The predicted molar refractivity (Wildman–Crippen MR) is 112 cm³/mol. The number of nitrogens with zero attached hydrogens (tertiary/aromatic N) is 2. The fourth-order valence-corrected chi connectivity index (χ4v) is 3.31. The second kappa shape index (κ2) is 8.75. The Bertz CT molecular complexity index is 1030. The molecule has 3 aromatic rings. The summed E-state index contributed by atoms with van der Waals surface area (Å²) in [5.74, 6) is 0.512. The van der Waals surface area contributed by atoms with Gasteiger partial charge in [0.25, 0.3) is 5.56 Å². The molecular formula is C21H21N3O3S. The van der Waals surface area contributed by atoms with Crippen molar-refractivity contribution in [3.8, 4) is 11.4 Å². The number of carbonyl (C=O) groups is 1. The fourth-order valence-electron chi connectivity index (χ4n) is 2.51. The summed E-state index contributed by atoms with van der Waals surface area (Å²) in [7, 11) is 1.58. The molecule has 0 spiro atoms. The lowest BCUT2D eigenvalue weighted by atomic mass is 10.2. The number of amides is 1. The summed E-state index contributed by atoms with van der Waals surface area (Å²) >= 11 is 1.29. The molecule has 2 aromatic carbocycles. The molecule has 6 nitrogen and oxygen atoms in total. The van der Waals surface area contributed by atoms with Crippen LogP contribution in [0.5, 0.6) is 5.75 Å². The van der Waals surface area contributed by atoms with Crippen molar-refractivity contribution in [2.24, 2.45) is 0 Å². The number of hydrogen-bond donors (Lipinski definition) is 1. The van der Waals surface area contributed by atoms with Crippen molar-refractivity contribution in [2.75, 3.05) is 12.4 Å². The molecule has 0 fully saturated rings. The van der Waals surface area contributed by atoms with Gasteiger partial charge >= 0.3 is 0 Å². The Kier molecular flexibility index (Phi) is 6.16. The van der Waals surface area contributed by atoms with Crippen LogP contribution in [0.15, 0.2) is 70.5 Å². The molecule has 7 heteroatoms. The highest BCUT2D eigenvalue weighted by Crippen LogP contribution is 2.23. The summed E-state index contributed by atoms with van der Waals surface area (Å²) in [4.78, 5) is 24.7. The number of thioether (sulfide) groups is 1. The molecule has 0 aliphatic carbocycles. The normalized spacial score (nSPS) is 11.7. The van der Waals surface area contributed by atoms with Gasteiger partial charge in [-0.15, -0.1) is 0 Å². The second-order valence-corrected chi connectivity index (χ2v) is 7.60. The summed E-state index contributed by atoms with van der Waals surface area (Å²) in [6, 6.07) is 17.8. The van der Waals surface area contributed by atoms with Gasteiger partial charge in [0.05, 0.1) is 18.0 Å². The smallest absolute Gasteiger partial charge is 0.271 e. The Hall–Kier alpha value is -3.06. The minimum absolute atomic E-state index is 0.159. The van der Waals surface area contributed by atoms with Crippen LogP contribution in [0.3, 0.4) is 0 Å². The monoisotopic (exact) mass is 395 g/mol. The first kappa shape index (κ1) is 19.7. The van der Waals surface area contributed by atoms with E-state index in [0.717, 1.165) is 5.56 Å². The summed E-state index contributed by atoms with van der Waals surface area (Å²) in [6.45, 7) is 3.78. The Morgan fingerprint density at radius 2 is 1.89 bits per heavy atom. The first-order valence-corrected chi connectivity index (χ1v) is 9.63. The minimum Gasteiger partial charge on any atom is -0.497 e. The van der Waals surface area contributed by atoms with Gasteiger partial charge in [-0.1, -0.05) is 35.5 Å². The number of ether oxygens (including phenoxy) is 1. The summed E-state index contributed by atoms with van der Waals surface area (Å²) in [6.07, 6.45) is 0. The predicted octanol–water partition coefficient (Wildman–Crippen LogP) is 3.67. The van der Waals surface area contributed by atoms with E-state index < -0.39 is 5.25 Å². The van der Waals surface area contributed by atoms with E-state index in [2.05, 4.69) is 10.4 Å². The minimum atomic E-state index is -0.400. The molecule has 144 valence electrons. The van der Waals surface area contributed by atoms with Crippen LogP contribution in [0.2, 0.25) is 0 Å². The molecule has 3 rings (SSSR count). The summed E-state index contributed by atoms with van der Waals surface area (Å²) in [5.41, 5.74) is 2.23. The SMILES string of the molecule is COc1cccc(NC(=O)C(C)Sc2ccc(=O)n(-c3ccc(C)cc3)n2)c1. The van der Waals surface area contributed by atoms with Crippen molar-refractivity contribution >= 4 is 23.4 Å². The number of aryl methyl sites for hydroxylation is 1. The zero-order valence-corrected chi connectivity index (χ0v) is 16.7. The topological polar surface area (TPSA) is 73.2 Å². The highest BCUT2D eigenvalue weighted by molar-refractivity contribution is 8.00. The van der Waals surface area contributed by atoms with Crippen LogP contribution in [0.1, 0.15) is 12.5 Å². The number of nitrogens with one attached hydrogen (secondary N) is 1. The van der Waals surface area contributed by atoms with E-state index in [1.54, 1.807) is 32.2 Å². The van der Waals surface area contributed by atoms with Crippen LogP contribution in [-0.4, -0.2) is 28.0 Å².